The lowest BCUT2D eigenvalue weighted by Crippen LogP contribution is -2.15. The zero-order valence-corrected chi connectivity index (χ0v) is 23.8. The van der Waals surface area contributed by atoms with Crippen LogP contribution in [0.25, 0.3) is 16.7 Å². The molecule has 194 valence electrons. The first-order chi connectivity index (χ1) is 17.5. The van der Waals surface area contributed by atoms with Gasteiger partial charge in [-0.3, -0.25) is 0 Å². The van der Waals surface area contributed by atoms with E-state index < -0.39 is 21.1 Å². The number of carbonyl (C=O) groups is 1. The van der Waals surface area contributed by atoms with Crippen molar-refractivity contribution < 1.29 is 24.2 Å². The molecule has 1 unspecified atom stereocenters. The van der Waals surface area contributed by atoms with Crippen molar-refractivity contribution in [3.8, 4) is 22.6 Å². The van der Waals surface area contributed by atoms with Crippen LogP contribution in [0.2, 0.25) is 13.1 Å². The maximum Gasteiger partial charge on any atom is 0.335 e. The molecule has 0 radical (unpaired) electrons. The summed E-state index contributed by atoms with van der Waals surface area (Å²) in [5.41, 5.74) is 6.64. The van der Waals surface area contributed by atoms with E-state index in [0.29, 0.717) is 16.9 Å². The van der Waals surface area contributed by atoms with E-state index in [0.717, 1.165) is 40.0 Å². The largest absolute Gasteiger partial charge is 0.547 e. The average molecular weight is 517 g/mol. The van der Waals surface area contributed by atoms with E-state index >= 15 is 0 Å². The molecule has 1 atom stereocenters. The lowest BCUT2D eigenvalue weighted by molar-refractivity contribution is -0.133. The molecule has 4 rings (SSSR count). The minimum absolute atomic E-state index is 0.0123. The average Bonchev–Trinajstić information content (AvgIpc) is 3.15. The van der Waals surface area contributed by atoms with E-state index in [4.69, 9.17) is 9.16 Å². The van der Waals surface area contributed by atoms with Crippen molar-refractivity contribution in [1.82, 2.24) is 0 Å². The summed E-state index contributed by atoms with van der Waals surface area (Å²) in [5.74, 6) is 0.357. The fraction of sp³-hybridized carbons (Fsp3) is 0.323. The lowest BCUT2D eigenvalue weighted by atomic mass is 9.83. The van der Waals surface area contributed by atoms with Crippen LogP contribution in [0.5, 0.6) is 11.5 Å². The fourth-order valence-electron chi connectivity index (χ4n) is 5.02. The van der Waals surface area contributed by atoms with Crippen LogP contribution in [-0.2, 0) is 16.6 Å². The van der Waals surface area contributed by atoms with Crippen LogP contribution in [0, 0.1) is 0 Å². The number of aryl methyl sites for hydroxylation is 1. The van der Waals surface area contributed by atoms with Gasteiger partial charge in [0.2, 0.25) is 9.04 Å². The molecule has 0 spiro atoms. The van der Waals surface area contributed by atoms with Crippen LogP contribution >= 0.6 is 0 Å². The zero-order chi connectivity index (χ0) is 27.1. The molecule has 1 aliphatic rings. The van der Waals surface area contributed by atoms with Crippen molar-refractivity contribution in [2.45, 2.75) is 58.7 Å². The quantitative estimate of drug-likeness (QED) is 0.350. The Hall–Kier alpha value is -3.35. The topological polar surface area (TPSA) is 76.0 Å². The highest BCUT2D eigenvalue weighted by molar-refractivity contribution is 6.49. The number of fused-ring (bicyclic) bond motifs is 1. The van der Waals surface area contributed by atoms with Gasteiger partial charge in [-0.05, 0) is 76.5 Å². The van der Waals surface area contributed by atoms with Crippen molar-refractivity contribution in [3.63, 3.8) is 0 Å². The Bertz CT molecular complexity index is 1360. The van der Waals surface area contributed by atoms with Gasteiger partial charge >= 0.3 is 5.97 Å². The van der Waals surface area contributed by atoms with Crippen LogP contribution in [0.1, 0.15) is 61.6 Å². The van der Waals surface area contributed by atoms with E-state index in [1.54, 1.807) is 7.11 Å². The van der Waals surface area contributed by atoms with Gasteiger partial charge < -0.3 is 19.4 Å². The van der Waals surface area contributed by atoms with Gasteiger partial charge in [-0.15, -0.1) is 0 Å². The molecule has 0 heterocycles. The van der Waals surface area contributed by atoms with Crippen molar-refractivity contribution in [2.24, 2.45) is 0 Å². The summed E-state index contributed by atoms with van der Waals surface area (Å²) in [7, 11) is 0.131. The highest BCUT2D eigenvalue weighted by atomic mass is 28.3. The Morgan fingerprint density at radius 1 is 1.00 bits per heavy atom. The summed E-state index contributed by atoms with van der Waals surface area (Å²) in [5, 5.41) is 21.5. The number of aliphatic hydroxyl groups excluding tert-OH is 1. The molecule has 6 heteroatoms. The second-order valence-corrected chi connectivity index (χ2v) is 13.1. The van der Waals surface area contributed by atoms with E-state index in [-0.39, 0.29) is 11.0 Å². The molecular weight excluding hydrogens is 480 g/mol. The summed E-state index contributed by atoms with van der Waals surface area (Å²) in [6, 6.07) is 17.5. The van der Waals surface area contributed by atoms with Crippen LogP contribution in [0.3, 0.4) is 0 Å². The van der Waals surface area contributed by atoms with Gasteiger partial charge in [0, 0.05) is 11.1 Å². The molecule has 0 bridgehead atoms. The molecule has 0 saturated carbocycles. The summed E-state index contributed by atoms with van der Waals surface area (Å²) < 4.78 is 11.8. The third kappa shape index (κ3) is 4.96. The number of carboxylic acid groups (broad SMARTS) is 1. The number of carboxylic acids is 1. The molecular formula is C31H36O5Si. The summed E-state index contributed by atoms with van der Waals surface area (Å²) >= 11 is 0. The van der Waals surface area contributed by atoms with Crippen molar-refractivity contribution in [1.29, 1.82) is 0 Å². The number of ether oxygens (including phenoxy) is 1. The molecule has 0 aliphatic heterocycles. The van der Waals surface area contributed by atoms with Crippen LogP contribution in [0.4, 0.5) is 0 Å². The van der Waals surface area contributed by atoms with Crippen LogP contribution in [-0.4, -0.2) is 32.3 Å². The smallest absolute Gasteiger partial charge is 0.335 e. The molecule has 3 aromatic carbocycles. The molecule has 0 aromatic heterocycles. The summed E-state index contributed by atoms with van der Waals surface area (Å²) in [6.45, 7) is 12.9. The highest BCUT2D eigenvalue weighted by Gasteiger charge is 2.38. The number of hydrogen-bond acceptors (Lipinski definition) is 4. The standard InChI is InChI=1S/C31H36O5Si/c1-8-18-11-15-23-27(25(18)22-16-12-20(31(2,3)4)17-24(22)36-37(6)7)26(28(29(23)32)30(33)34)19-9-13-21(35-5)14-10-19/h9-17,29,32,37H,8H2,1-7H3,(H,33,34). The Morgan fingerprint density at radius 2 is 1.68 bits per heavy atom. The van der Waals surface area contributed by atoms with E-state index in [2.05, 4.69) is 59.0 Å². The van der Waals surface area contributed by atoms with Crippen molar-refractivity contribution in [3.05, 3.63) is 88.0 Å². The molecule has 5 nitrogen and oxygen atoms in total. The third-order valence-electron chi connectivity index (χ3n) is 6.88. The first-order valence-electron chi connectivity index (χ1n) is 12.8. The molecule has 0 saturated heterocycles. The number of benzene rings is 3. The zero-order valence-electron chi connectivity index (χ0n) is 22.7. The van der Waals surface area contributed by atoms with Gasteiger partial charge in [-0.2, -0.15) is 0 Å². The summed E-state index contributed by atoms with van der Waals surface area (Å²) in [4.78, 5) is 12.5. The lowest BCUT2D eigenvalue weighted by Gasteiger charge is -2.25. The predicted octanol–water partition coefficient (Wildman–Crippen LogP) is 6.52. The van der Waals surface area contributed by atoms with Crippen LogP contribution in [0.15, 0.2) is 60.2 Å². The number of aliphatic hydroxyl groups is 1. The first-order valence-corrected chi connectivity index (χ1v) is 15.5. The van der Waals surface area contributed by atoms with E-state index in [1.807, 2.05) is 36.4 Å². The fourth-order valence-corrected chi connectivity index (χ4v) is 5.72. The monoisotopic (exact) mass is 516 g/mol. The summed E-state index contributed by atoms with van der Waals surface area (Å²) in [6.07, 6.45) is -0.483. The van der Waals surface area contributed by atoms with Crippen molar-refractivity contribution >= 4 is 20.6 Å². The van der Waals surface area contributed by atoms with E-state index in [9.17, 15) is 15.0 Å². The highest BCUT2D eigenvalue weighted by Crippen LogP contribution is 2.51. The second kappa shape index (κ2) is 10.2. The van der Waals surface area contributed by atoms with Gasteiger partial charge in [0.25, 0.3) is 0 Å². The Kier molecular flexibility index (Phi) is 7.35. The molecule has 0 amide bonds. The Balaban J connectivity index is 2.08. The Morgan fingerprint density at radius 3 is 2.22 bits per heavy atom. The van der Waals surface area contributed by atoms with Gasteiger partial charge in [-0.25, -0.2) is 4.79 Å². The van der Waals surface area contributed by atoms with Crippen molar-refractivity contribution in [2.75, 3.05) is 7.11 Å². The SMILES string of the molecule is CCc1ccc2c(c1-c1ccc(C(C)(C)C)cc1O[SiH](C)C)C(c1ccc(OC)cc1)=C(C(=O)O)C2O. The van der Waals surface area contributed by atoms with Gasteiger partial charge in [0.05, 0.1) is 12.7 Å². The molecule has 3 aromatic rings. The van der Waals surface area contributed by atoms with Gasteiger partial charge in [0.15, 0.2) is 0 Å². The number of hydrogen-bond donors (Lipinski definition) is 2. The van der Waals surface area contributed by atoms with Crippen LogP contribution < -0.4 is 9.16 Å². The minimum Gasteiger partial charge on any atom is -0.547 e. The van der Waals surface area contributed by atoms with Gasteiger partial charge in [-0.1, -0.05) is 64.1 Å². The van der Waals surface area contributed by atoms with E-state index in [1.165, 1.54) is 5.56 Å². The number of rotatable bonds is 7. The Labute approximate surface area is 221 Å². The molecule has 1 aliphatic carbocycles. The predicted molar refractivity (Wildman–Crippen MR) is 151 cm³/mol. The maximum atomic E-state index is 12.5. The number of methoxy groups -OCH3 is 1. The normalized spacial score (nSPS) is 15.2. The molecule has 0 fully saturated rings. The first kappa shape index (κ1) is 26.7. The molecule has 37 heavy (non-hydrogen) atoms. The third-order valence-corrected chi connectivity index (χ3v) is 7.61. The second-order valence-electron chi connectivity index (χ2n) is 10.8. The number of aliphatic carboxylic acids is 1. The minimum atomic E-state index is -1.46. The maximum absolute atomic E-state index is 12.5. The molecule has 2 N–H and O–H groups in total. The van der Waals surface area contributed by atoms with Gasteiger partial charge in [0.1, 0.15) is 17.6 Å².